The van der Waals surface area contributed by atoms with Gasteiger partial charge in [-0.3, -0.25) is 14.9 Å². The van der Waals surface area contributed by atoms with Gasteiger partial charge in [0.15, 0.2) is 0 Å². The summed E-state index contributed by atoms with van der Waals surface area (Å²) >= 11 is 0. The van der Waals surface area contributed by atoms with E-state index in [2.05, 4.69) is 5.32 Å². The predicted molar refractivity (Wildman–Crippen MR) is 77.2 cm³/mol. The van der Waals surface area contributed by atoms with Crippen molar-refractivity contribution in [3.05, 3.63) is 28.1 Å². The molecule has 7 nitrogen and oxygen atoms in total. The fraction of sp³-hybridized carbons (Fsp3) is 0.643. The number of rotatable bonds is 5. The first-order valence-corrected chi connectivity index (χ1v) is 7.19. The van der Waals surface area contributed by atoms with Crippen molar-refractivity contribution in [1.29, 1.82) is 0 Å². The van der Waals surface area contributed by atoms with E-state index in [0.717, 1.165) is 12.8 Å². The van der Waals surface area contributed by atoms with E-state index in [9.17, 15) is 20.0 Å². The van der Waals surface area contributed by atoms with Crippen LogP contribution in [0.4, 0.5) is 5.69 Å². The molecule has 0 aromatic carbocycles. The molecule has 0 spiro atoms. The first-order chi connectivity index (χ1) is 9.82. The summed E-state index contributed by atoms with van der Waals surface area (Å²) in [6.07, 6.45) is 4.64. The van der Waals surface area contributed by atoms with Gasteiger partial charge in [0.05, 0.1) is 16.7 Å². The molecule has 7 heteroatoms. The summed E-state index contributed by atoms with van der Waals surface area (Å²) in [5.41, 5.74) is -0.691. The molecule has 0 unspecified atom stereocenters. The second-order valence-corrected chi connectivity index (χ2v) is 5.96. The average molecular weight is 295 g/mol. The van der Waals surface area contributed by atoms with Crippen LogP contribution in [-0.2, 0) is 0 Å². The molecule has 0 radical (unpaired) electrons. The van der Waals surface area contributed by atoms with Gasteiger partial charge in [-0.25, -0.2) is 0 Å². The maximum atomic E-state index is 12.2. The molecule has 0 bridgehead atoms. The molecule has 1 aromatic heterocycles. The highest BCUT2D eigenvalue weighted by Crippen LogP contribution is 2.28. The lowest BCUT2D eigenvalue weighted by Crippen LogP contribution is -2.41. The van der Waals surface area contributed by atoms with Crippen LogP contribution in [0.2, 0.25) is 0 Å². The van der Waals surface area contributed by atoms with E-state index in [0.29, 0.717) is 12.8 Å². The number of nitro groups is 1. The highest BCUT2D eigenvalue weighted by molar-refractivity contribution is 5.93. The van der Waals surface area contributed by atoms with Crippen LogP contribution >= 0.6 is 0 Å². The number of aliphatic hydroxyl groups is 1. The fourth-order valence-corrected chi connectivity index (χ4v) is 2.72. The van der Waals surface area contributed by atoms with Crippen molar-refractivity contribution in [2.45, 2.75) is 51.2 Å². The molecule has 1 amide bonds. The molecule has 116 valence electrons. The van der Waals surface area contributed by atoms with Gasteiger partial charge >= 0.3 is 0 Å². The largest absolute Gasteiger partial charge is 0.388 e. The molecule has 21 heavy (non-hydrogen) atoms. The van der Waals surface area contributed by atoms with Crippen LogP contribution in [0.1, 0.15) is 56.1 Å². The lowest BCUT2D eigenvalue weighted by molar-refractivity contribution is -0.384. The van der Waals surface area contributed by atoms with Crippen LogP contribution in [0.15, 0.2) is 12.3 Å². The summed E-state index contributed by atoms with van der Waals surface area (Å²) in [5, 5.41) is 23.8. The van der Waals surface area contributed by atoms with Crippen LogP contribution in [0, 0.1) is 10.1 Å². The molecule has 1 heterocycles. The first kappa shape index (κ1) is 15.5. The number of nitrogens with one attached hydrogen (secondary N) is 1. The lowest BCUT2D eigenvalue weighted by atomic mass is 10.0. The van der Waals surface area contributed by atoms with E-state index in [1.54, 1.807) is 4.57 Å². The Morgan fingerprint density at radius 1 is 1.52 bits per heavy atom. The van der Waals surface area contributed by atoms with Gasteiger partial charge in [-0.2, -0.15) is 0 Å². The van der Waals surface area contributed by atoms with Crippen molar-refractivity contribution in [3.63, 3.8) is 0 Å². The minimum Gasteiger partial charge on any atom is -0.388 e. The molecule has 1 fully saturated rings. The quantitative estimate of drug-likeness (QED) is 0.641. The molecule has 1 aliphatic rings. The summed E-state index contributed by atoms with van der Waals surface area (Å²) in [4.78, 5) is 22.6. The van der Waals surface area contributed by atoms with E-state index in [-0.39, 0.29) is 24.0 Å². The fourth-order valence-electron chi connectivity index (χ4n) is 2.72. The van der Waals surface area contributed by atoms with E-state index in [1.807, 2.05) is 13.8 Å². The monoisotopic (exact) mass is 295 g/mol. The van der Waals surface area contributed by atoms with Gasteiger partial charge in [-0.1, -0.05) is 12.8 Å². The van der Waals surface area contributed by atoms with Gasteiger partial charge in [-0.05, 0) is 26.7 Å². The number of amides is 1. The lowest BCUT2D eigenvalue weighted by Gasteiger charge is -2.22. The summed E-state index contributed by atoms with van der Waals surface area (Å²) in [6.45, 7) is 3.89. The van der Waals surface area contributed by atoms with Gasteiger partial charge in [0.2, 0.25) is 0 Å². The van der Waals surface area contributed by atoms with Crippen LogP contribution in [-0.4, -0.2) is 32.6 Å². The van der Waals surface area contributed by atoms with Gasteiger partial charge in [0.25, 0.3) is 11.6 Å². The zero-order valence-electron chi connectivity index (χ0n) is 12.3. The maximum Gasteiger partial charge on any atom is 0.287 e. The molecule has 1 aromatic rings. The highest BCUT2D eigenvalue weighted by atomic mass is 16.6. The van der Waals surface area contributed by atoms with E-state index in [4.69, 9.17) is 0 Å². The zero-order valence-corrected chi connectivity index (χ0v) is 12.3. The summed E-state index contributed by atoms with van der Waals surface area (Å²) in [5.74, 6) is -0.392. The Balaban J connectivity index is 2.12. The molecule has 2 rings (SSSR count). The molecular weight excluding hydrogens is 274 g/mol. The van der Waals surface area contributed by atoms with Crippen molar-refractivity contribution < 1.29 is 14.8 Å². The SMILES string of the molecule is CC(C)n1cc([N+](=O)[O-])cc1C(=O)NCC1(O)CCCC1. The third-order valence-corrected chi connectivity index (χ3v) is 3.95. The minimum atomic E-state index is -0.836. The maximum absolute atomic E-state index is 12.2. The Bertz CT molecular complexity index is 544. The second-order valence-electron chi connectivity index (χ2n) is 5.96. The van der Waals surface area contributed by atoms with Crippen LogP contribution in [0.5, 0.6) is 0 Å². The van der Waals surface area contributed by atoms with E-state index in [1.165, 1.54) is 12.3 Å². The number of hydrogen-bond donors (Lipinski definition) is 2. The third kappa shape index (κ3) is 3.41. The Morgan fingerprint density at radius 3 is 2.67 bits per heavy atom. The van der Waals surface area contributed by atoms with Gasteiger partial charge in [0, 0.05) is 18.7 Å². The number of aromatic nitrogens is 1. The number of nitrogens with zero attached hydrogens (tertiary/aromatic N) is 2. The zero-order chi connectivity index (χ0) is 15.6. The molecule has 0 saturated heterocycles. The Kier molecular flexibility index (Phi) is 4.32. The smallest absolute Gasteiger partial charge is 0.287 e. The molecule has 0 atom stereocenters. The van der Waals surface area contributed by atoms with Crippen molar-refractivity contribution in [3.8, 4) is 0 Å². The summed E-state index contributed by atoms with van der Waals surface area (Å²) in [6, 6.07) is 1.21. The van der Waals surface area contributed by atoms with E-state index < -0.39 is 16.4 Å². The summed E-state index contributed by atoms with van der Waals surface area (Å²) < 4.78 is 1.58. The average Bonchev–Trinajstić information content (AvgIpc) is 3.03. The van der Waals surface area contributed by atoms with E-state index >= 15 is 0 Å². The second kappa shape index (κ2) is 5.85. The first-order valence-electron chi connectivity index (χ1n) is 7.19. The van der Waals surface area contributed by atoms with Crippen LogP contribution in [0.25, 0.3) is 0 Å². The van der Waals surface area contributed by atoms with Crippen LogP contribution in [0.3, 0.4) is 0 Å². The van der Waals surface area contributed by atoms with Crippen molar-refractivity contribution in [2.75, 3.05) is 6.54 Å². The molecule has 0 aliphatic heterocycles. The van der Waals surface area contributed by atoms with Gasteiger partial charge in [-0.15, -0.1) is 0 Å². The topological polar surface area (TPSA) is 97.4 Å². The molecular formula is C14H21N3O4. The van der Waals surface area contributed by atoms with Crippen molar-refractivity contribution in [2.24, 2.45) is 0 Å². The Hall–Kier alpha value is -1.89. The normalized spacial score (nSPS) is 17.1. The van der Waals surface area contributed by atoms with Gasteiger partial charge in [0.1, 0.15) is 5.69 Å². The Labute approximate surface area is 123 Å². The highest BCUT2D eigenvalue weighted by Gasteiger charge is 2.32. The number of hydrogen-bond acceptors (Lipinski definition) is 4. The number of carbonyl (C=O) groups is 1. The molecule has 1 aliphatic carbocycles. The third-order valence-electron chi connectivity index (χ3n) is 3.95. The number of carbonyl (C=O) groups excluding carboxylic acids is 1. The molecule has 2 N–H and O–H groups in total. The standard InChI is InChI=1S/C14H21N3O4/c1-10(2)16-8-11(17(20)21)7-12(16)13(18)15-9-14(19)5-3-4-6-14/h7-8,10,19H,3-6,9H2,1-2H3,(H,15,18). The molecule has 1 saturated carbocycles. The van der Waals surface area contributed by atoms with Crippen molar-refractivity contribution >= 4 is 11.6 Å². The summed E-state index contributed by atoms with van der Waals surface area (Å²) in [7, 11) is 0. The predicted octanol–water partition coefficient (Wildman–Crippen LogP) is 2.01. The van der Waals surface area contributed by atoms with Crippen LogP contribution < -0.4 is 5.32 Å². The van der Waals surface area contributed by atoms with Crippen molar-refractivity contribution in [1.82, 2.24) is 9.88 Å². The minimum absolute atomic E-state index is 0.0611. The Morgan fingerprint density at radius 2 is 2.14 bits per heavy atom. The van der Waals surface area contributed by atoms with Gasteiger partial charge < -0.3 is 15.0 Å².